The number of hydrogen-bond donors (Lipinski definition) is 1. The zero-order chi connectivity index (χ0) is 15.6. The summed E-state index contributed by atoms with van der Waals surface area (Å²) >= 11 is 11.8. The van der Waals surface area contributed by atoms with E-state index < -0.39 is 0 Å². The fourth-order valence-electron chi connectivity index (χ4n) is 1.83. The molecular weight excluding hydrogens is 309 g/mol. The molecule has 1 N–H and O–H groups in total. The first-order chi connectivity index (χ1) is 9.88. The zero-order valence-electron chi connectivity index (χ0n) is 11.9. The number of anilines is 2. The van der Waals surface area contributed by atoms with Crippen molar-refractivity contribution in [1.82, 2.24) is 4.98 Å². The average molecular weight is 324 g/mol. The lowest BCUT2D eigenvalue weighted by Crippen LogP contribution is -2.15. The van der Waals surface area contributed by atoms with Gasteiger partial charge < -0.3 is 10.2 Å². The van der Waals surface area contributed by atoms with Crippen LogP contribution in [0, 0.1) is 6.92 Å². The SMILES string of the molecule is Cc1cc(N(C)C)ccc1NC(=O)c1nc(Cl)ccc1Cl. The highest BCUT2D eigenvalue weighted by Crippen LogP contribution is 2.23. The smallest absolute Gasteiger partial charge is 0.275 e. The van der Waals surface area contributed by atoms with E-state index in [0.29, 0.717) is 5.69 Å². The van der Waals surface area contributed by atoms with Crippen molar-refractivity contribution >= 4 is 40.5 Å². The molecule has 2 rings (SSSR count). The van der Waals surface area contributed by atoms with Crippen LogP contribution < -0.4 is 10.2 Å². The van der Waals surface area contributed by atoms with Crippen LogP contribution in [0.25, 0.3) is 0 Å². The molecule has 0 unspecified atom stereocenters. The second-order valence-corrected chi connectivity index (χ2v) is 5.61. The van der Waals surface area contributed by atoms with Gasteiger partial charge in [0.1, 0.15) is 10.8 Å². The molecule has 0 aliphatic heterocycles. The second kappa shape index (κ2) is 6.33. The van der Waals surface area contributed by atoms with Crippen molar-refractivity contribution in [3.05, 3.63) is 51.8 Å². The van der Waals surface area contributed by atoms with Crippen molar-refractivity contribution in [2.75, 3.05) is 24.3 Å². The van der Waals surface area contributed by atoms with E-state index >= 15 is 0 Å². The summed E-state index contributed by atoms with van der Waals surface area (Å²) in [4.78, 5) is 18.2. The highest BCUT2D eigenvalue weighted by Gasteiger charge is 2.14. The summed E-state index contributed by atoms with van der Waals surface area (Å²) in [5.74, 6) is -0.386. The molecule has 0 spiro atoms. The first kappa shape index (κ1) is 15.6. The van der Waals surface area contributed by atoms with Crippen molar-refractivity contribution in [2.45, 2.75) is 6.92 Å². The lowest BCUT2D eigenvalue weighted by Gasteiger charge is -2.15. The van der Waals surface area contributed by atoms with Gasteiger partial charge in [-0.15, -0.1) is 0 Å². The maximum absolute atomic E-state index is 12.2. The third-order valence-corrected chi connectivity index (χ3v) is 3.52. The largest absolute Gasteiger partial charge is 0.378 e. The third kappa shape index (κ3) is 3.65. The summed E-state index contributed by atoms with van der Waals surface area (Å²) < 4.78 is 0. The van der Waals surface area contributed by atoms with Gasteiger partial charge in [0.25, 0.3) is 5.91 Å². The number of carbonyl (C=O) groups excluding carboxylic acids is 1. The molecule has 110 valence electrons. The zero-order valence-corrected chi connectivity index (χ0v) is 13.5. The molecule has 1 amide bonds. The van der Waals surface area contributed by atoms with E-state index in [1.807, 2.05) is 44.1 Å². The molecule has 6 heteroatoms. The Kier molecular flexibility index (Phi) is 4.70. The van der Waals surface area contributed by atoms with Crippen LogP contribution in [0.4, 0.5) is 11.4 Å². The molecule has 0 aliphatic rings. The maximum atomic E-state index is 12.2. The number of aromatic nitrogens is 1. The summed E-state index contributed by atoms with van der Waals surface area (Å²) in [6, 6.07) is 8.85. The van der Waals surface area contributed by atoms with Gasteiger partial charge in [0.05, 0.1) is 5.02 Å². The topological polar surface area (TPSA) is 45.2 Å². The third-order valence-electron chi connectivity index (χ3n) is 3.00. The van der Waals surface area contributed by atoms with Gasteiger partial charge in [-0.05, 0) is 42.8 Å². The lowest BCUT2D eigenvalue weighted by atomic mass is 10.1. The monoisotopic (exact) mass is 323 g/mol. The molecular formula is C15H15Cl2N3O. The molecule has 0 saturated heterocycles. The van der Waals surface area contributed by atoms with Gasteiger partial charge in [0.2, 0.25) is 0 Å². The summed E-state index contributed by atoms with van der Waals surface area (Å²) in [6.45, 7) is 1.93. The normalized spacial score (nSPS) is 10.3. The molecule has 1 aromatic heterocycles. The number of halogens is 2. The predicted molar refractivity (Wildman–Crippen MR) is 87.7 cm³/mol. The van der Waals surface area contributed by atoms with Crippen molar-refractivity contribution in [2.24, 2.45) is 0 Å². The number of pyridine rings is 1. The lowest BCUT2D eigenvalue weighted by molar-refractivity contribution is 0.102. The number of nitrogens with zero attached hydrogens (tertiary/aromatic N) is 2. The van der Waals surface area contributed by atoms with E-state index in [1.165, 1.54) is 6.07 Å². The van der Waals surface area contributed by atoms with Gasteiger partial charge >= 0.3 is 0 Å². The fourth-order valence-corrected chi connectivity index (χ4v) is 2.16. The van der Waals surface area contributed by atoms with Crippen molar-refractivity contribution < 1.29 is 4.79 Å². The first-order valence-electron chi connectivity index (χ1n) is 6.30. The second-order valence-electron chi connectivity index (χ2n) is 4.81. The average Bonchev–Trinajstić information content (AvgIpc) is 2.43. The van der Waals surface area contributed by atoms with E-state index in [0.717, 1.165) is 11.3 Å². The van der Waals surface area contributed by atoms with Crippen LogP contribution in [0.15, 0.2) is 30.3 Å². The van der Waals surface area contributed by atoms with Crippen LogP contribution in [0.1, 0.15) is 16.1 Å². The minimum Gasteiger partial charge on any atom is -0.378 e. The minimum absolute atomic E-state index is 0.111. The quantitative estimate of drug-likeness (QED) is 0.868. The molecule has 1 heterocycles. The van der Waals surface area contributed by atoms with Gasteiger partial charge in [-0.1, -0.05) is 23.2 Å². The van der Waals surface area contributed by atoms with Gasteiger partial charge in [-0.25, -0.2) is 4.98 Å². The van der Waals surface area contributed by atoms with Gasteiger partial charge in [-0.2, -0.15) is 0 Å². The highest BCUT2D eigenvalue weighted by atomic mass is 35.5. The van der Waals surface area contributed by atoms with Gasteiger partial charge in [0, 0.05) is 25.5 Å². The Balaban J connectivity index is 2.25. The summed E-state index contributed by atoms with van der Waals surface area (Å²) in [5.41, 5.74) is 2.83. The van der Waals surface area contributed by atoms with Crippen LogP contribution >= 0.6 is 23.2 Å². The molecule has 2 aromatic rings. The van der Waals surface area contributed by atoms with Gasteiger partial charge in [-0.3, -0.25) is 4.79 Å². The number of rotatable bonds is 3. The van der Waals surface area contributed by atoms with Gasteiger partial charge in [0.15, 0.2) is 0 Å². The molecule has 0 radical (unpaired) electrons. The van der Waals surface area contributed by atoms with Crippen molar-refractivity contribution in [3.8, 4) is 0 Å². The number of amides is 1. The highest BCUT2D eigenvalue weighted by molar-refractivity contribution is 6.35. The molecule has 21 heavy (non-hydrogen) atoms. The van der Waals surface area contributed by atoms with E-state index in [9.17, 15) is 4.79 Å². The maximum Gasteiger partial charge on any atom is 0.275 e. The number of carbonyl (C=O) groups is 1. The van der Waals surface area contributed by atoms with Crippen LogP contribution in [-0.2, 0) is 0 Å². The summed E-state index contributed by atoms with van der Waals surface area (Å²) in [7, 11) is 3.92. The summed E-state index contributed by atoms with van der Waals surface area (Å²) in [6.07, 6.45) is 0. The standard InChI is InChI=1S/C15H15Cl2N3O/c1-9-8-10(20(2)3)4-6-12(9)18-15(21)14-11(16)5-7-13(17)19-14/h4-8H,1-3H3,(H,18,21). The van der Waals surface area contributed by atoms with E-state index in [4.69, 9.17) is 23.2 Å². The van der Waals surface area contributed by atoms with Crippen molar-refractivity contribution in [1.29, 1.82) is 0 Å². The van der Waals surface area contributed by atoms with Crippen LogP contribution in [-0.4, -0.2) is 25.0 Å². The Labute approximate surface area is 133 Å². The minimum atomic E-state index is -0.386. The van der Waals surface area contributed by atoms with Crippen LogP contribution in [0.2, 0.25) is 10.2 Å². The molecule has 0 bridgehead atoms. The fraction of sp³-hybridized carbons (Fsp3) is 0.200. The number of nitrogens with one attached hydrogen (secondary N) is 1. The number of hydrogen-bond acceptors (Lipinski definition) is 3. The first-order valence-corrected chi connectivity index (χ1v) is 7.05. The predicted octanol–water partition coefficient (Wildman–Crippen LogP) is 4.02. The molecule has 0 atom stereocenters. The molecule has 0 aliphatic carbocycles. The Bertz CT molecular complexity index is 687. The van der Waals surface area contributed by atoms with Crippen LogP contribution in [0.5, 0.6) is 0 Å². The Hall–Kier alpha value is -1.78. The van der Waals surface area contributed by atoms with E-state index in [1.54, 1.807) is 6.07 Å². The Morgan fingerprint density at radius 2 is 1.90 bits per heavy atom. The molecule has 0 saturated carbocycles. The van der Waals surface area contributed by atoms with E-state index in [-0.39, 0.29) is 21.8 Å². The molecule has 4 nitrogen and oxygen atoms in total. The number of aryl methyl sites for hydroxylation is 1. The van der Waals surface area contributed by atoms with Crippen molar-refractivity contribution in [3.63, 3.8) is 0 Å². The number of benzene rings is 1. The summed E-state index contributed by atoms with van der Waals surface area (Å²) in [5, 5.41) is 3.29. The Morgan fingerprint density at radius 1 is 1.19 bits per heavy atom. The van der Waals surface area contributed by atoms with E-state index in [2.05, 4.69) is 10.3 Å². The van der Waals surface area contributed by atoms with Crippen LogP contribution in [0.3, 0.4) is 0 Å². The molecule has 0 fully saturated rings. The Morgan fingerprint density at radius 3 is 2.52 bits per heavy atom. The molecule has 1 aromatic carbocycles.